The molecule has 1 heterocycles. The molecule has 4 aromatic rings. The minimum Gasteiger partial charge on any atom is -0.489 e. The second-order valence-electron chi connectivity index (χ2n) is 8.77. The van der Waals surface area contributed by atoms with Gasteiger partial charge in [0.2, 0.25) is 5.91 Å². The highest BCUT2D eigenvalue weighted by molar-refractivity contribution is 5.93. The maximum absolute atomic E-state index is 12.3. The number of nitrogens with one attached hydrogen (secondary N) is 1. The third kappa shape index (κ3) is 4.90. The first-order valence-electron chi connectivity index (χ1n) is 11.6. The van der Waals surface area contributed by atoms with E-state index >= 15 is 0 Å². The molecule has 0 saturated heterocycles. The van der Waals surface area contributed by atoms with Gasteiger partial charge in [0.1, 0.15) is 17.9 Å². The summed E-state index contributed by atoms with van der Waals surface area (Å²) in [5.74, 6) is -1.04. The first-order valence-corrected chi connectivity index (χ1v) is 11.6. The molecular formula is C28H26N2O5. The molecule has 35 heavy (non-hydrogen) atoms. The second kappa shape index (κ2) is 9.64. The largest absolute Gasteiger partial charge is 0.489 e. The normalized spacial score (nSPS) is 14.0. The Morgan fingerprint density at radius 1 is 1.06 bits per heavy atom. The number of amides is 1. The zero-order valence-electron chi connectivity index (χ0n) is 19.1. The van der Waals surface area contributed by atoms with Crippen LogP contribution in [0.25, 0.3) is 22.1 Å². The fourth-order valence-corrected chi connectivity index (χ4v) is 4.20. The molecule has 7 nitrogen and oxygen atoms in total. The number of hydrogen-bond donors (Lipinski definition) is 3. The van der Waals surface area contributed by atoms with Gasteiger partial charge in [0.25, 0.3) is 0 Å². The predicted octanol–water partition coefficient (Wildman–Crippen LogP) is 4.79. The van der Waals surface area contributed by atoms with Crippen molar-refractivity contribution < 1.29 is 23.8 Å². The SMILES string of the molecule is NCc1cccc(-c2cc(COc3ccccc3[C@@H](NC(=O)C3CC3)C(=O)O)cc3ccoc23)c1. The van der Waals surface area contributed by atoms with Crippen LogP contribution >= 0.6 is 0 Å². The number of carboxylic acids is 1. The number of para-hydroxylation sites is 1. The van der Waals surface area contributed by atoms with Crippen LogP contribution in [0.5, 0.6) is 5.75 Å². The molecule has 3 aromatic carbocycles. The Bertz CT molecular complexity index is 1390. The number of rotatable bonds is 9. The number of furan rings is 1. The number of aliphatic carboxylic acids is 1. The van der Waals surface area contributed by atoms with Crippen LogP contribution in [-0.2, 0) is 22.7 Å². The molecule has 0 spiro atoms. The van der Waals surface area contributed by atoms with Crippen molar-refractivity contribution in [2.75, 3.05) is 0 Å². The number of fused-ring (bicyclic) bond motifs is 1. The summed E-state index contributed by atoms with van der Waals surface area (Å²) < 4.78 is 11.9. The average Bonchev–Trinajstić information content (AvgIpc) is 3.63. The number of carboxylic acid groups (broad SMARTS) is 1. The lowest BCUT2D eigenvalue weighted by Crippen LogP contribution is -2.34. The van der Waals surface area contributed by atoms with Gasteiger partial charge < -0.3 is 25.3 Å². The van der Waals surface area contributed by atoms with E-state index in [1.807, 2.05) is 42.5 Å². The summed E-state index contributed by atoms with van der Waals surface area (Å²) in [5.41, 5.74) is 10.8. The molecule has 1 fully saturated rings. The molecule has 178 valence electrons. The van der Waals surface area contributed by atoms with E-state index in [2.05, 4.69) is 5.32 Å². The van der Waals surface area contributed by atoms with E-state index in [4.69, 9.17) is 14.9 Å². The second-order valence-corrected chi connectivity index (χ2v) is 8.77. The van der Waals surface area contributed by atoms with Crippen molar-refractivity contribution >= 4 is 22.8 Å². The summed E-state index contributed by atoms with van der Waals surface area (Å²) in [6, 6.07) is 19.6. The summed E-state index contributed by atoms with van der Waals surface area (Å²) in [5, 5.41) is 13.4. The van der Waals surface area contributed by atoms with E-state index in [-0.39, 0.29) is 18.4 Å². The number of carbonyl (C=O) groups is 2. The van der Waals surface area contributed by atoms with Crippen molar-refractivity contribution in [1.82, 2.24) is 5.32 Å². The molecule has 5 rings (SSSR count). The van der Waals surface area contributed by atoms with E-state index in [1.54, 1.807) is 30.5 Å². The molecule has 1 atom stereocenters. The molecule has 1 saturated carbocycles. The van der Waals surface area contributed by atoms with E-state index in [9.17, 15) is 14.7 Å². The van der Waals surface area contributed by atoms with Gasteiger partial charge in [0, 0.05) is 29.0 Å². The van der Waals surface area contributed by atoms with Gasteiger partial charge in [0.05, 0.1) is 6.26 Å². The van der Waals surface area contributed by atoms with Crippen LogP contribution in [-0.4, -0.2) is 17.0 Å². The standard InChI is InChI=1S/C28H26N2O5/c29-15-17-4-3-5-20(12-17)23-14-18(13-21-10-11-34-26(21)23)16-35-24-7-2-1-6-22(24)25(28(32)33)30-27(31)19-8-9-19/h1-7,10-14,19,25H,8-9,15-16,29H2,(H,30,31)(H,32,33)/t25-/m1/s1. The first kappa shape index (κ1) is 22.7. The summed E-state index contributed by atoms with van der Waals surface area (Å²) in [6.07, 6.45) is 3.24. The summed E-state index contributed by atoms with van der Waals surface area (Å²) >= 11 is 0. The molecule has 1 aromatic heterocycles. The quantitative estimate of drug-likeness (QED) is 0.324. The Morgan fingerprint density at radius 3 is 2.66 bits per heavy atom. The molecule has 0 aliphatic heterocycles. The molecule has 4 N–H and O–H groups in total. The number of carbonyl (C=O) groups excluding carboxylic acids is 1. The molecular weight excluding hydrogens is 444 g/mol. The molecule has 1 aliphatic rings. The zero-order valence-corrected chi connectivity index (χ0v) is 19.1. The summed E-state index contributed by atoms with van der Waals surface area (Å²) in [4.78, 5) is 24.3. The molecule has 0 bridgehead atoms. The minimum absolute atomic E-state index is 0.0946. The molecule has 0 radical (unpaired) electrons. The highest BCUT2D eigenvalue weighted by Crippen LogP contribution is 2.34. The van der Waals surface area contributed by atoms with Crippen molar-refractivity contribution in [3.8, 4) is 16.9 Å². The Labute approximate surface area is 202 Å². The van der Waals surface area contributed by atoms with E-state index in [1.165, 1.54) is 0 Å². The predicted molar refractivity (Wildman–Crippen MR) is 132 cm³/mol. The van der Waals surface area contributed by atoms with Gasteiger partial charge in [-0.15, -0.1) is 0 Å². The third-order valence-electron chi connectivity index (χ3n) is 6.19. The van der Waals surface area contributed by atoms with Crippen molar-refractivity contribution in [3.05, 3.63) is 89.7 Å². The van der Waals surface area contributed by atoms with Gasteiger partial charge in [-0.2, -0.15) is 0 Å². The van der Waals surface area contributed by atoms with Gasteiger partial charge in [-0.05, 0) is 59.9 Å². The topological polar surface area (TPSA) is 115 Å². The van der Waals surface area contributed by atoms with Crippen LogP contribution in [0.4, 0.5) is 0 Å². The first-order chi connectivity index (χ1) is 17.0. The van der Waals surface area contributed by atoms with Crippen molar-refractivity contribution in [1.29, 1.82) is 0 Å². The van der Waals surface area contributed by atoms with E-state index < -0.39 is 12.0 Å². The lowest BCUT2D eigenvalue weighted by molar-refractivity contribution is -0.142. The van der Waals surface area contributed by atoms with E-state index in [0.717, 1.165) is 46.1 Å². The Hall–Kier alpha value is -4.10. The third-order valence-corrected chi connectivity index (χ3v) is 6.19. The number of hydrogen-bond acceptors (Lipinski definition) is 5. The number of benzene rings is 3. The minimum atomic E-state index is -1.18. The summed E-state index contributed by atoms with van der Waals surface area (Å²) in [6.45, 7) is 0.654. The lowest BCUT2D eigenvalue weighted by atomic mass is 9.99. The van der Waals surface area contributed by atoms with Crippen LogP contribution in [0.1, 0.15) is 35.6 Å². The average molecular weight is 471 g/mol. The maximum atomic E-state index is 12.3. The fraction of sp³-hybridized carbons (Fsp3) is 0.214. The molecule has 1 amide bonds. The fourth-order valence-electron chi connectivity index (χ4n) is 4.20. The lowest BCUT2D eigenvalue weighted by Gasteiger charge is -2.19. The zero-order chi connectivity index (χ0) is 24.4. The Balaban J connectivity index is 1.43. The van der Waals surface area contributed by atoms with Gasteiger partial charge in [-0.25, -0.2) is 4.79 Å². The van der Waals surface area contributed by atoms with Crippen LogP contribution in [0.3, 0.4) is 0 Å². The van der Waals surface area contributed by atoms with E-state index in [0.29, 0.717) is 17.9 Å². The van der Waals surface area contributed by atoms with Crippen LogP contribution in [0.2, 0.25) is 0 Å². The molecule has 7 heteroatoms. The smallest absolute Gasteiger partial charge is 0.331 e. The maximum Gasteiger partial charge on any atom is 0.331 e. The monoisotopic (exact) mass is 470 g/mol. The van der Waals surface area contributed by atoms with Gasteiger partial charge in [-0.3, -0.25) is 4.79 Å². The van der Waals surface area contributed by atoms with Crippen molar-refractivity contribution in [2.24, 2.45) is 11.7 Å². The molecule has 1 aliphatic carbocycles. The van der Waals surface area contributed by atoms with Crippen LogP contribution in [0.15, 0.2) is 77.4 Å². The van der Waals surface area contributed by atoms with Gasteiger partial charge in [-0.1, -0.05) is 36.4 Å². The molecule has 0 unspecified atom stereocenters. The Morgan fingerprint density at radius 2 is 1.89 bits per heavy atom. The van der Waals surface area contributed by atoms with Gasteiger partial charge >= 0.3 is 5.97 Å². The van der Waals surface area contributed by atoms with Gasteiger partial charge in [0.15, 0.2) is 6.04 Å². The highest BCUT2D eigenvalue weighted by Gasteiger charge is 2.34. The Kier molecular flexibility index (Phi) is 6.25. The van der Waals surface area contributed by atoms with Crippen LogP contribution in [0, 0.1) is 5.92 Å². The number of nitrogens with two attached hydrogens (primary N) is 1. The van der Waals surface area contributed by atoms with Crippen LogP contribution < -0.4 is 15.8 Å². The highest BCUT2D eigenvalue weighted by atomic mass is 16.5. The van der Waals surface area contributed by atoms with Crippen molar-refractivity contribution in [3.63, 3.8) is 0 Å². The number of ether oxygens (including phenoxy) is 1. The summed E-state index contributed by atoms with van der Waals surface area (Å²) in [7, 11) is 0. The van der Waals surface area contributed by atoms with Crippen molar-refractivity contribution in [2.45, 2.75) is 32.0 Å².